The molecule has 5 nitrogen and oxygen atoms in total. The number of aryl methyl sites for hydroxylation is 1. The van der Waals surface area contributed by atoms with Gasteiger partial charge in [0.05, 0.1) is 0 Å². The average Bonchev–Trinajstić information content (AvgIpc) is 2.79. The second-order valence-corrected chi connectivity index (χ2v) is 3.31. The minimum absolute atomic E-state index is 0.166. The quantitative estimate of drug-likeness (QED) is 0.774. The summed E-state index contributed by atoms with van der Waals surface area (Å²) in [5.74, 6) is 0.291. The molecule has 2 aromatic heterocycles. The molecule has 0 aliphatic rings. The average molecular weight is 204 g/mol. The van der Waals surface area contributed by atoms with Gasteiger partial charge in [0, 0.05) is 25.1 Å². The number of rotatable bonds is 2. The van der Waals surface area contributed by atoms with Gasteiger partial charge in [-0.1, -0.05) is 0 Å². The normalized spacial score (nSPS) is 10.3. The highest BCUT2D eigenvalue weighted by molar-refractivity contribution is 6.02. The van der Waals surface area contributed by atoms with Gasteiger partial charge in [0.25, 0.3) is 5.91 Å². The summed E-state index contributed by atoms with van der Waals surface area (Å²) in [6, 6.07) is 3.69. The maximum Gasteiger partial charge on any atom is 0.274 e. The summed E-state index contributed by atoms with van der Waals surface area (Å²) in [5.41, 5.74) is 1.66. The van der Waals surface area contributed by atoms with Crippen LogP contribution in [0, 0.1) is 6.92 Å². The molecule has 0 aliphatic heterocycles. The van der Waals surface area contributed by atoms with Crippen LogP contribution in [0.2, 0.25) is 0 Å². The maximum absolute atomic E-state index is 11.8. The maximum atomic E-state index is 11.8. The molecule has 2 heterocycles. The highest BCUT2D eigenvalue weighted by Gasteiger charge is 2.11. The van der Waals surface area contributed by atoms with Crippen LogP contribution in [0.3, 0.4) is 0 Å². The highest BCUT2D eigenvalue weighted by atomic mass is 16.2. The van der Waals surface area contributed by atoms with Crippen LogP contribution >= 0.6 is 0 Å². The smallest absolute Gasteiger partial charge is 0.274 e. The van der Waals surface area contributed by atoms with Crippen LogP contribution in [0.1, 0.15) is 16.2 Å². The summed E-state index contributed by atoms with van der Waals surface area (Å²) < 4.78 is 1.83. The summed E-state index contributed by atoms with van der Waals surface area (Å²) in [6.45, 7) is 1.95. The number of hydrogen-bond donors (Lipinski definition) is 2. The van der Waals surface area contributed by atoms with E-state index in [0.717, 1.165) is 5.69 Å². The van der Waals surface area contributed by atoms with Gasteiger partial charge in [0.2, 0.25) is 5.95 Å². The second-order valence-electron chi connectivity index (χ2n) is 3.31. The molecule has 15 heavy (non-hydrogen) atoms. The van der Waals surface area contributed by atoms with Gasteiger partial charge in [-0.25, -0.2) is 4.98 Å². The van der Waals surface area contributed by atoms with Crippen LogP contribution in [-0.2, 0) is 7.05 Å². The van der Waals surface area contributed by atoms with E-state index >= 15 is 0 Å². The van der Waals surface area contributed by atoms with Gasteiger partial charge in [-0.3, -0.25) is 10.1 Å². The van der Waals surface area contributed by atoms with E-state index in [2.05, 4.69) is 15.3 Å². The topological polar surface area (TPSA) is 62.7 Å². The van der Waals surface area contributed by atoms with Crippen molar-refractivity contribution in [1.29, 1.82) is 0 Å². The van der Waals surface area contributed by atoms with Gasteiger partial charge in [-0.05, 0) is 19.1 Å². The molecule has 0 fully saturated rings. The number of nitrogens with zero attached hydrogens (tertiary/aromatic N) is 2. The van der Waals surface area contributed by atoms with E-state index < -0.39 is 0 Å². The molecule has 0 aromatic carbocycles. The van der Waals surface area contributed by atoms with Gasteiger partial charge in [0.1, 0.15) is 5.69 Å². The van der Waals surface area contributed by atoms with E-state index in [1.165, 1.54) is 0 Å². The Balaban J connectivity index is 2.19. The van der Waals surface area contributed by atoms with Crippen LogP contribution in [0.25, 0.3) is 0 Å². The number of anilines is 1. The van der Waals surface area contributed by atoms with Gasteiger partial charge in [-0.2, -0.15) is 0 Å². The first-order chi connectivity index (χ1) is 7.18. The first-order valence-electron chi connectivity index (χ1n) is 4.61. The van der Waals surface area contributed by atoms with Crippen molar-refractivity contribution in [1.82, 2.24) is 14.5 Å². The zero-order valence-electron chi connectivity index (χ0n) is 8.61. The van der Waals surface area contributed by atoms with Gasteiger partial charge in [0.15, 0.2) is 0 Å². The Morgan fingerprint density at radius 1 is 1.53 bits per heavy atom. The van der Waals surface area contributed by atoms with Crippen molar-refractivity contribution in [3.63, 3.8) is 0 Å². The van der Waals surface area contributed by atoms with Crippen molar-refractivity contribution in [2.45, 2.75) is 6.92 Å². The van der Waals surface area contributed by atoms with Crippen molar-refractivity contribution < 1.29 is 4.79 Å². The fourth-order valence-corrected chi connectivity index (χ4v) is 1.35. The second kappa shape index (κ2) is 3.61. The largest absolute Gasteiger partial charge is 0.344 e. The number of carbonyl (C=O) groups excluding carboxylic acids is 1. The molecule has 2 rings (SSSR count). The van der Waals surface area contributed by atoms with Crippen LogP contribution in [0.4, 0.5) is 5.95 Å². The number of carbonyl (C=O) groups is 1. The van der Waals surface area contributed by atoms with Crippen molar-refractivity contribution in [2.24, 2.45) is 7.05 Å². The Morgan fingerprint density at radius 2 is 2.33 bits per heavy atom. The summed E-state index contributed by atoms with van der Waals surface area (Å²) in [5, 5.41) is 2.67. The summed E-state index contributed by atoms with van der Waals surface area (Å²) in [4.78, 5) is 18.5. The predicted octanol–water partition coefficient (Wildman–Crippen LogP) is 1.31. The fraction of sp³-hybridized carbons (Fsp3) is 0.200. The molecule has 0 radical (unpaired) electrons. The molecule has 78 valence electrons. The summed E-state index contributed by atoms with van der Waals surface area (Å²) in [6.07, 6.45) is 3.25. The number of aromatic nitrogens is 3. The van der Waals surface area contributed by atoms with E-state index in [1.54, 1.807) is 18.5 Å². The van der Waals surface area contributed by atoms with Gasteiger partial charge >= 0.3 is 0 Å². The van der Waals surface area contributed by atoms with Crippen molar-refractivity contribution in [2.75, 3.05) is 5.32 Å². The van der Waals surface area contributed by atoms with Crippen molar-refractivity contribution >= 4 is 11.9 Å². The molecule has 2 aromatic rings. The van der Waals surface area contributed by atoms with Crippen LogP contribution in [-0.4, -0.2) is 20.4 Å². The van der Waals surface area contributed by atoms with Crippen LogP contribution in [0.5, 0.6) is 0 Å². The summed E-state index contributed by atoms with van der Waals surface area (Å²) >= 11 is 0. The molecule has 0 saturated carbocycles. The van der Waals surface area contributed by atoms with Crippen LogP contribution < -0.4 is 5.32 Å². The third-order valence-corrected chi connectivity index (χ3v) is 2.34. The number of imidazole rings is 1. The lowest BCUT2D eigenvalue weighted by Crippen LogP contribution is -2.16. The molecule has 2 N–H and O–H groups in total. The molecule has 0 bridgehead atoms. The van der Waals surface area contributed by atoms with E-state index in [-0.39, 0.29) is 5.91 Å². The minimum atomic E-state index is -0.166. The number of hydrogen-bond acceptors (Lipinski definition) is 2. The lowest BCUT2D eigenvalue weighted by molar-refractivity contribution is 0.101. The standard InChI is InChI=1S/C10H12N4O/c1-7-3-4-8(14(7)2)9(15)13-10-11-5-6-12-10/h3-6H,1-2H3,(H2,11,12,13,15). The van der Waals surface area contributed by atoms with E-state index in [9.17, 15) is 4.79 Å². The minimum Gasteiger partial charge on any atom is -0.344 e. The molecule has 5 heteroatoms. The Hall–Kier alpha value is -2.04. The number of amides is 1. The molecule has 1 amide bonds. The lowest BCUT2D eigenvalue weighted by Gasteiger charge is -2.04. The number of H-pyrrole nitrogens is 1. The zero-order chi connectivity index (χ0) is 10.8. The van der Waals surface area contributed by atoms with Crippen LogP contribution in [0.15, 0.2) is 24.5 Å². The van der Waals surface area contributed by atoms with E-state index in [1.807, 2.05) is 24.6 Å². The molecule has 0 spiro atoms. The van der Waals surface area contributed by atoms with Crippen molar-refractivity contribution in [3.8, 4) is 0 Å². The first-order valence-corrected chi connectivity index (χ1v) is 4.61. The van der Waals surface area contributed by atoms with Gasteiger partial charge in [-0.15, -0.1) is 0 Å². The highest BCUT2D eigenvalue weighted by Crippen LogP contribution is 2.07. The molecular formula is C10H12N4O. The number of aromatic amines is 1. The van der Waals surface area contributed by atoms with Gasteiger partial charge < -0.3 is 9.55 Å². The van der Waals surface area contributed by atoms with Crippen molar-refractivity contribution in [3.05, 3.63) is 35.9 Å². The molecule has 0 atom stereocenters. The Kier molecular flexibility index (Phi) is 2.29. The third kappa shape index (κ3) is 1.76. The fourth-order valence-electron chi connectivity index (χ4n) is 1.35. The predicted molar refractivity (Wildman–Crippen MR) is 56.7 cm³/mol. The lowest BCUT2D eigenvalue weighted by atomic mass is 10.4. The third-order valence-electron chi connectivity index (χ3n) is 2.34. The first kappa shape index (κ1) is 9.51. The van der Waals surface area contributed by atoms with E-state index in [4.69, 9.17) is 0 Å². The Bertz CT molecular complexity index is 470. The molecule has 0 aliphatic carbocycles. The molecule has 0 unspecified atom stereocenters. The zero-order valence-corrected chi connectivity index (χ0v) is 8.61. The molecular weight excluding hydrogens is 192 g/mol. The Morgan fingerprint density at radius 3 is 2.87 bits per heavy atom. The monoisotopic (exact) mass is 204 g/mol. The number of nitrogens with one attached hydrogen (secondary N) is 2. The summed E-state index contributed by atoms with van der Waals surface area (Å²) in [7, 11) is 1.85. The van der Waals surface area contributed by atoms with E-state index in [0.29, 0.717) is 11.6 Å². The molecule has 0 saturated heterocycles. The Labute approximate surface area is 87.1 Å². The SMILES string of the molecule is Cc1ccc(C(=O)Nc2ncc[nH]2)n1C.